The fraction of sp³-hybridized carbons (Fsp3) is 0.100. The summed E-state index contributed by atoms with van der Waals surface area (Å²) in [6.07, 6.45) is 0. The van der Waals surface area contributed by atoms with E-state index in [1.165, 1.54) is 7.11 Å². The molecular formula is C20H16F2O2. The summed E-state index contributed by atoms with van der Waals surface area (Å²) in [5.74, 6) is -0.937. The molecule has 2 nitrogen and oxygen atoms in total. The van der Waals surface area contributed by atoms with Crippen LogP contribution in [0.5, 0.6) is 0 Å². The molecule has 0 fully saturated rings. The molecule has 0 aliphatic heterocycles. The Morgan fingerprint density at radius 1 is 1.08 bits per heavy atom. The number of benzene rings is 3. The van der Waals surface area contributed by atoms with Gasteiger partial charge in [0.15, 0.2) is 0 Å². The highest BCUT2D eigenvalue weighted by atomic mass is 19.1. The van der Waals surface area contributed by atoms with E-state index in [1.807, 2.05) is 18.2 Å². The summed E-state index contributed by atoms with van der Waals surface area (Å²) in [4.78, 5) is 0. The summed E-state index contributed by atoms with van der Waals surface area (Å²) in [7, 11) is 1.52. The maximum absolute atomic E-state index is 14.4. The van der Waals surface area contributed by atoms with Crippen LogP contribution < -0.4 is 0 Å². The fourth-order valence-corrected chi connectivity index (χ4v) is 2.76. The van der Waals surface area contributed by atoms with Crippen LogP contribution in [0, 0.1) is 11.6 Å². The first kappa shape index (κ1) is 16.1. The zero-order chi connectivity index (χ0) is 17.3. The second kappa shape index (κ2) is 6.42. The third kappa shape index (κ3) is 2.76. The highest BCUT2D eigenvalue weighted by molar-refractivity contribution is 5.98. The van der Waals surface area contributed by atoms with Crippen molar-refractivity contribution in [3.63, 3.8) is 0 Å². The third-order valence-electron chi connectivity index (χ3n) is 4.00. The van der Waals surface area contributed by atoms with Crippen molar-refractivity contribution in [3.8, 4) is 11.1 Å². The normalized spacial score (nSPS) is 10.8. The van der Waals surface area contributed by atoms with Crippen LogP contribution in [0.1, 0.15) is 11.1 Å². The maximum Gasteiger partial charge on any atom is 0.134 e. The minimum atomic E-state index is -0.706. The SMILES string of the molecule is C=C(OC)c1ccc2cccc(-c3c(F)cc(CO)cc3F)c2c1. The van der Waals surface area contributed by atoms with Crippen molar-refractivity contribution in [3.05, 3.63) is 77.9 Å². The minimum Gasteiger partial charge on any atom is -0.497 e. The van der Waals surface area contributed by atoms with E-state index in [0.29, 0.717) is 16.7 Å². The smallest absolute Gasteiger partial charge is 0.134 e. The number of hydrogen-bond donors (Lipinski definition) is 1. The van der Waals surface area contributed by atoms with E-state index in [0.717, 1.165) is 23.1 Å². The van der Waals surface area contributed by atoms with Gasteiger partial charge in [-0.05, 0) is 40.1 Å². The van der Waals surface area contributed by atoms with Gasteiger partial charge in [-0.2, -0.15) is 0 Å². The van der Waals surface area contributed by atoms with Crippen LogP contribution in [0.2, 0.25) is 0 Å². The number of hydrogen-bond acceptors (Lipinski definition) is 2. The van der Waals surface area contributed by atoms with Crippen molar-refractivity contribution in [2.24, 2.45) is 0 Å². The average Bonchev–Trinajstić information content (AvgIpc) is 2.60. The van der Waals surface area contributed by atoms with Crippen LogP contribution in [0.25, 0.3) is 27.7 Å². The van der Waals surface area contributed by atoms with Crippen molar-refractivity contribution in [1.29, 1.82) is 0 Å². The predicted octanol–water partition coefficient (Wildman–Crippen LogP) is 4.89. The predicted molar refractivity (Wildman–Crippen MR) is 91.3 cm³/mol. The highest BCUT2D eigenvalue weighted by Gasteiger charge is 2.16. The van der Waals surface area contributed by atoms with Crippen LogP contribution in [-0.4, -0.2) is 12.2 Å². The molecule has 122 valence electrons. The number of methoxy groups -OCH3 is 1. The van der Waals surface area contributed by atoms with E-state index in [9.17, 15) is 8.78 Å². The molecule has 0 heterocycles. The Hall–Kier alpha value is -2.72. The van der Waals surface area contributed by atoms with Crippen molar-refractivity contribution in [2.45, 2.75) is 6.61 Å². The number of aliphatic hydroxyl groups is 1. The first-order valence-electron chi connectivity index (χ1n) is 7.40. The van der Waals surface area contributed by atoms with Crippen LogP contribution in [0.4, 0.5) is 8.78 Å². The Labute approximate surface area is 138 Å². The van der Waals surface area contributed by atoms with E-state index in [2.05, 4.69) is 6.58 Å². The van der Waals surface area contributed by atoms with Gasteiger partial charge in [0.25, 0.3) is 0 Å². The topological polar surface area (TPSA) is 29.5 Å². The number of aliphatic hydroxyl groups excluding tert-OH is 1. The molecule has 0 aliphatic rings. The van der Waals surface area contributed by atoms with Gasteiger partial charge in [-0.25, -0.2) is 8.78 Å². The molecule has 0 amide bonds. The molecule has 4 heteroatoms. The Morgan fingerprint density at radius 2 is 1.79 bits per heavy atom. The molecule has 24 heavy (non-hydrogen) atoms. The van der Waals surface area contributed by atoms with Gasteiger partial charge >= 0.3 is 0 Å². The summed E-state index contributed by atoms with van der Waals surface area (Å²) in [6.45, 7) is 3.40. The Balaban J connectivity index is 2.28. The lowest BCUT2D eigenvalue weighted by Gasteiger charge is -2.12. The summed E-state index contributed by atoms with van der Waals surface area (Å²) in [5.41, 5.74) is 1.27. The largest absolute Gasteiger partial charge is 0.497 e. The van der Waals surface area contributed by atoms with Crippen LogP contribution in [0.15, 0.2) is 55.1 Å². The summed E-state index contributed by atoms with van der Waals surface area (Å²) < 4.78 is 34.0. The second-order valence-corrected chi connectivity index (χ2v) is 5.46. The molecule has 0 saturated carbocycles. The van der Waals surface area contributed by atoms with Crippen molar-refractivity contribution >= 4 is 16.5 Å². The van der Waals surface area contributed by atoms with E-state index in [-0.39, 0.29) is 11.1 Å². The van der Waals surface area contributed by atoms with Crippen LogP contribution in [0.3, 0.4) is 0 Å². The molecule has 0 aromatic heterocycles. The molecule has 3 aromatic rings. The van der Waals surface area contributed by atoms with Gasteiger partial charge in [0.2, 0.25) is 0 Å². The Kier molecular flexibility index (Phi) is 4.32. The number of halogens is 2. The summed E-state index contributed by atoms with van der Waals surface area (Å²) in [6, 6.07) is 13.1. The quantitative estimate of drug-likeness (QED) is 0.691. The number of fused-ring (bicyclic) bond motifs is 1. The first-order chi connectivity index (χ1) is 11.5. The molecule has 0 radical (unpaired) electrons. The Bertz CT molecular complexity index is 909. The zero-order valence-corrected chi connectivity index (χ0v) is 13.1. The van der Waals surface area contributed by atoms with Gasteiger partial charge in [-0.3, -0.25) is 0 Å². The average molecular weight is 326 g/mol. The monoisotopic (exact) mass is 326 g/mol. The zero-order valence-electron chi connectivity index (χ0n) is 13.1. The minimum absolute atomic E-state index is 0.113. The van der Waals surface area contributed by atoms with Gasteiger partial charge in [0.1, 0.15) is 17.4 Å². The molecule has 0 bridgehead atoms. The van der Waals surface area contributed by atoms with Gasteiger partial charge in [-0.15, -0.1) is 0 Å². The van der Waals surface area contributed by atoms with Crippen molar-refractivity contribution in [2.75, 3.05) is 7.11 Å². The van der Waals surface area contributed by atoms with Crippen LogP contribution in [-0.2, 0) is 11.3 Å². The molecule has 1 N–H and O–H groups in total. The standard InChI is InChI=1S/C20H16F2O2/c1-12(24-2)15-7-6-14-4-3-5-16(17(14)10-15)20-18(21)8-13(11-23)9-19(20)22/h3-10,23H,1,11H2,2H3. The lowest BCUT2D eigenvalue weighted by atomic mass is 9.95. The first-order valence-corrected chi connectivity index (χ1v) is 7.40. The van der Waals surface area contributed by atoms with Gasteiger partial charge in [0.05, 0.1) is 19.3 Å². The van der Waals surface area contributed by atoms with E-state index < -0.39 is 18.2 Å². The maximum atomic E-state index is 14.4. The van der Waals surface area contributed by atoms with Crippen molar-refractivity contribution in [1.82, 2.24) is 0 Å². The molecule has 3 rings (SSSR count). The van der Waals surface area contributed by atoms with Crippen molar-refractivity contribution < 1.29 is 18.6 Å². The van der Waals surface area contributed by atoms with E-state index >= 15 is 0 Å². The molecule has 0 saturated heterocycles. The molecular weight excluding hydrogens is 310 g/mol. The molecule has 0 aliphatic carbocycles. The van der Waals surface area contributed by atoms with Crippen LogP contribution >= 0.6 is 0 Å². The number of rotatable bonds is 4. The highest BCUT2D eigenvalue weighted by Crippen LogP contribution is 2.34. The van der Waals surface area contributed by atoms with Gasteiger partial charge in [-0.1, -0.05) is 36.9 Å². The lowest BCUT2D eigenvalue weighted by Crippen LogP contribution is -1.96. The third-order valence-corrected chi connectivity index (χ3v) is 4.00. The fourth-order valence-electron chi connectivity index (χ4n) is 2.76. The number of ether oxygens (including phenoxy) is 1. The van der Waals surface area contributed by atoms with E-state index in [4.69, 9.17) is 9.84 Å². The second-order valence-electron chi connectivity index (χ2n) is 5.46. The summed E-state index contributed by atoms with van der Waals surface area (Å²) >= 11 is 0. The van der Waals surface area contributed by atoms with Gasteiger partial charge < -0.3 is 9.84 Å². The van der Waals surface area contributed by atoms with Gasteiger partial charge in [0, 0.05) is 5.56 Å². The molecule has 0 unspecified atom stereocenters. The van der Waals surface area contributed by atoms with E-state index in [1.54, 1.807) is 18.2 Å². The molecule has 0 spiro atoms. The molecule has 0 atom stereocenters. The lowest BCUT2D eigenvalue weighted by molar-refractivity contribution is 0.280. The molecule has 3 aromatic carbocycles. The Morgan fingerprint density at radius 3 is 2.42 bits per heavy atom. The summed E-state index contributed by atoms with van der Waals surface area (Å²) in [5, 5.41) is 10.6.